The van der Waals surface area contributed by atoms with E-state index in [1.165, 1.54) is 6.42 Å². The molecule has 1 aliphatic rings. The Labute approximate surface area is 157 Å². The fourth-order valence-electron chi connectivity index (χ4n) is 3.51. The summed E-state index contributed by atoms with van der Waals surface area (Å²) < 4.78 is 18.1. The zero-order valence-electron chi connectivity index (χ0n) is 15.7. The van der Waals surface area contributed by atoms with E-state index in [1.54, 1.807) is 12.1 Å². The molecule has 1 heterocycles. The van der Waals surface area contributed by atoms with E-state index in [0.29, 0.717) is 23.4 Å². The first-order chi connectivity index (χ1) is 12.4. The number of hydrogen-bond acceptors (Lipinski definition) is 3. The number of amides is 1. The Balaban J connectivity index is 1.61. The molecule has 1 amide bonds. The molecule has 0 unspecified atom stereocenters. The average molecular weight is 374 g/mol. The van der Waals surface area contributed by atoms with Gasteiger partial charge in [0.05, 0.1) is 16.6 Å². The molecule has 1 aliphatic carbocycles. The van der Waals surface area contributed by atoms with Crippen LogP contribution in [0.15, 0.2) is 45.7 Å². The van der Waals surface area contributed by atoms with E-state index in [4.69, 9.17) is 4.42 Å². The third-order valence-electron chi connectivity index (χ3n) is 5.47. The molecule has 4 nitrogen and oxygen atoms in total. The van der Waals surface area contributed by atoms with Gasteiger partial charge >= 0.3 is 0 Å². The summed E-state index contributed by atoms with van der Waals surface area (Å²) in [5.74, 6) is 2.05. The maximum atomic E-state index is 12.5. The Kier molecular flexibility index (Phi) is 5.97. The van der Waals surface area contributed by atoms with Gasteiger partial charge in [-0.3, -0.25) is 9.00 Å². The van der Waals surface area contributed by atoms with Gasteiger partial charge in [-0.05, 0) is 49.4 Å². The summed E-state index contributed by atoms with van der Waals surface area (Å²) in [5, 5.41) is 3.11. The lowest BCUT2D eigenvalue weighted by Gasteiger charge is -2.34. The van der Waals surface area contributed by atoms with E-state index in [0.717, 1.165) is 23.3 Å². The van der Waals surface area contributed by atoms with Gasteiger partial charge in [0.25, 0.3) is 5.91 Å². The molecular formula is C21H27NO3S. The van der Waals surface area contributed by atoms with Gasteiger partial charge in [-0.2, -0.15) is 0 Å². The zero-order chi connectivity index (χ0) is 18.7. The first-order valence-corrected chi connectivity index (χ1v) is 10.6. The molecule has 140 valence electrons. The number of furan rings is 1. The second-order valence-corrected chi connectivity index (χ2v) is 8.87. The van der Waals surface area contributed by atoms with Crippen LogP contribution in [0.4, 0.5) is 0 Å². The van der Waals surface area contributed by atoms with Crippen molar-refractivity contribution in [1.82, 2.24) is 5.32 Å². The van der Waals surface area contributed by atoms with Gasteiger partial charge in [-0.25, -0.2) is 0 Å². The van der Waals surface area contributed by atoms with Crippen LogP contribution < -0.4 is 5.32 Å². The number of benzene rings is 1. The van der Waals surface area contributed by atoms with E-state index >= 15 is 0 Å². The molecule has 2 aromatic rings. The van der Waals surface area contributed by atoms with E-state index in [1.807, 2.05) is 31.2 Å². The van der Waals surface area contributed by atoms with Crippen LogP contribution in [0.1, 0.15) is 55.0 Å². The van der Waals surface area contributed by atoms with E-state index < -0.39 is 10.8 Å². The van der Waals surface area contributed by atoms with Crippen molar-refractivity contribution in [1.29, 1.82) is 0 Å². The van der Waals surface area contributed by atoms with Gasteiger partial charge in [0.15, 0.2) is 5.76 Å². The molecule has 1 fully saturated rings. The van der Waals surface area contributed by atoms with Crippen LogP contribution in [0.25, 0.3) is 0 Å². The average Bonchev–Trinajstić information content (AvgIpc) is 3.08. The number of hydrogen-bond donors (Lipinski definition) is 1. The van der Waals surface area contributed by atoms with Crippen molar-refractivity contribution >= 4 is 16.7 Å². The highest BCUT2D eigenvalue weighted by Gasteiger charge is 2.29. The highest BCUT2D eigenvalue weighted by molar-refractivity contribution is 7.84. The lowest BCUT2D eigenvalue weighted by atomic mass is 9.78. The molecule has 3 rings (SSSR count). The van der Waals surface area contributed by atoms with Crippen molar-refractivity contribution in [2.75, 3.05) is 0 Å². The third-order valence-corrected chi connectivity index (χ3v) is 6.81. The summed E-state index contributed by atoms with van der Waals surface area (Å²) in [5.41, 5.74) is 1.13. The molecule has 1 saturated carbocycles. The summed E-state index contributed by atoms with van der Waals surface area (Å²) in [4.78, 5) is 13.3. The normalized spacial score (nSPS) is 24.2. The molecule has 0 radical (unpaired) electrons. The van der Waals surface area contributed by atoms with Crippen molar-refractivity contribution in [3.63, 3.8) is 0 Å². The van der Waals surface area contributed by atoms with Crippen molar-refractivity contribution in [3.8, 4) is 0 Å². The van der Waals surface area contributed by atoms with Crippen molar-refractivity contribution in [2.24, 2.45) is 11.8 Å². The highest BCUT2D eigenvalue weighted by Crippen LogP contribution is 2.29. The van der Waals surface area contributed by atoms with Crippen LogP contribution in [0.2, 0.25) is 0 Å². The molecule has 0 aliphatic heterocycles. The quantitative estimate of drug-likeness (QED) is 0.842. The Morgan fingerprint density at radius 1 is 1.15 bits per heavy atom. The summed E-state index contributed by atoms with van der Waals surface area (Å²) >= 11 is 0. The summed E-state index contributed by atoms with van der Waals surface area (Å²) in [7, 11) is -1.18. The van der Waals surface area contributed by atoms with Crippen LogP contribution in [-0.2, 0) is 16.6 Å². The Morgan fingerprint density at radius 3 is 2.62 bits per heavy atom. The molecule has 1 aromatic heterocycles. The largest absolute Gasteiger partial charge is 0.455 e. The van der Waals surface area contributed by atoms with Crippen LogP contribution in [0.5, 0.6) is 0 Å². The second kappa shape index (κ2) is 8.21. The molecule has 1 aromatic carbocycles. The Bertz CT molecular complexity index is 781. The first kappa shape index (κ1) is 18.9. The van der Waals surface area contributed by atoms with Gasteiger partial charge in [-0.1, -0.05) is 44.4 Å². The van der Waals surface area contributed by atoms with Crippen molar-refractivity contribution in [3.05, 3.63) is 53.5 Å². The van der Waals surface area contributed by atoms with Gasteiger partial charge in [0, 0.05) is 10.9 Å². The molecule has 1 N–H and O–H groups in total. The lowest BCUT2D eigenvalue weighted by molar-refractivity contribution is 0.0861. The van der Waals surface area contributed by atoms with Crippen LogP contribution in [0.3, 0.4) is 0 Å². The van der Waals surface area contributed by atoms with Gasteiger partial charge in [0.2, 0.25) is 0 Å². The Hall–Kier alpha value is -1.88. The van der Waals surface area contributed by atoms with E-state index in [2.05, 4.69) is 19.2 Å². The smallest absolute Gasteiger partial charge is 0.287 e. The molecule has 0 bridgehead atoms. The minimum Gasteiger partial charge on any atom is -0.455 e. The van der Waals surface area contributed by atoms with E-state index in [-0.39, 0.29) is 17.7 Å². The van der Waals surface area contributed by atoms with Gasteiger partial charge in [0.1, 0.15) is 5.76 Å². The minimum absolute atomic E-state index is 0.177. The number of rotatable bonds is 5. The van der Waals surface area contributed by atoms with E-state index in [9.17, 15) is 9.00 Å². The number of carbonyl (C=O) groups excluding carboxylic acids is 1. The predicted molar refractivity (Wildman–Crippen MR) is 103 cm³/mol. The Morgan fingerprint density at radius 2 is 1.88 bits per heavy atom. The molecule has 0 saturated heterocycles. The maximum absolute atomic E-state index is 12.5. The lowest BCUT2D eigenvalue weighted by Crippen LogP contribution is -2.43. The number of aryl methyl sites for hydroxylation is 1. The third kappa shape index (κ3) is 4.44. The maximum Gasteiger partial charge on any atom is 0.287 e. The topological polar surface area (TPSA) is 59.3 Å². The summed E-state index contributed by atoms with van der Waals surface area (Å²) in [6.45, 7) is 6.44. The first-order valence-electron chi connectivity index (χ1n) is 9.28. The zero-order valence-corrected chi connectivity index (χ0v) is 16.5. The predicted octanol–water partition coefficient (Wildman–Crippen LogP) is 4.45. The minimum atomic E-state index is -1.18. The fourth-order valence-corrected chi connectivity index (χ4v) is 4.53. The second-order valence-electron chi connectivity index (χ2n) is 7.42. The van der Waals surface area contributed by atoms with Gasteiger partial charge < -0.3 is 9.73 Å². The van der Waals surface area contributed by atoms with Crippen LogP contribution in [-0.4, -0.2) is 16.2 Å². The molecule has 0 spiro atoms. The molecule has 5 heteroatoms. The van der Waals surface area contributed by atoms with Gasteiger partial charge in [-0.15, -0.1) is 0 Å². The number of nitrogens with one attached hydrogen (secondary N) is 1. The van der Waals surface area contributed by atoms with Crippen molar-refractivity contribution in [2.45, 2.75) is 56.7 Å². The molecule has 26 heavy (non-hydrogen) atoms. The molecular weight excluding hydrogens is 346 g/mol. The standard InChI is InChI=1S/C21H27NO3S/c1-14-7-10-18(11-8-14)26(24)13-17-9-12-20(25-17)21(23)22-19-6-4-5-15(2)16(19)3/h7-12,15-16,19H,4-6,13H2,1-3H3,(H,22,23)/t15-,16+,19+,26+/m0/s1. The van der Waals surface area contributed by atoms with Crippen LogP contribution >= 0.6 is 0 Å². The number of carbonyl (C=O) groups is 1. The fraction of sp³-hybridized carbons (Fsp3) is 0.476. The highest BCUT2D eigenvalue weighted by atomic mass is 32.2. The summed E-state index contributed by atoms with van der Waals surface area (Å²) in [6.07, 6.45) is 3.39. The van der Waals surface area contributed by atoms with Crippen LogP contribution in [0, 0.1) is 18.8 Å². The van der Waals surface area contributed by atoms with Crippen molar-refractivity contribution < 1.29 is 13.4 Å². The summed E-state index contributed by atoms with van der Waals surface area (Å²) in [6, 6.07) is 11.2. The molecule has 4 atom stereocenters. The monoisotopic (exact) mass is 373 g/mol. The SMILES string of the molecule is Cc1ccc([S@](=O)Cc2ccc(C(=O)N[C@@H]3CCC[C@H](C)[C@H]3C)o2)cc1.